The highest BCUT2D eigenvalue weighted by atomic mass is 32.2. The van der Waals surface area contributed by atoms with Gasteiger partial charge in [-0.25, -0.2) is 8.42 Å². The van der Waals surface area contributed by atoms with Crippen molar-refractivity contribution in [2.24, 2.45) is 5.92 Å². The van der Waals surface area contributed by atoms with Crippen LogP contribution in [0.25, 0.3) is 0 Å². The summed E-state index contributed by atoms with van der Waals surface area (Å²) in [5.74, 6) is -0.438. The Bertz CT molecular complexity index is 757. The smallest absolute Gasteiger partial charge is 0.250 e. The van der Waals surface area contributed by atoms with Crippen LogP contribution in [0, 0.1) is 5.92 Å². The maximum atomic E-state index is 12.4. The Balaban J connectivity index is 1.88. The van der Waals surface area contributed by atoms with E-state index in [9.17, 15) is 13.2 Å². The molecule has 2 rings (SSSR count). The Kier molecular flexibility index (Phi) is 7.16. The second kappa shape index (κ2) is 9.12. The molecule has 136 valence electrons. The van der Waals surface area contributed by atoms with E-state index in [1.54, 1.807) is 11.4 Å². The Morgan fingerprint density at radius 2 is 1.84 bits per heavy atom. The number of rotatable bonds is 9. The summed E-state index contributed by atoms with van der Waals surface area (Å²) < 4.78 is 27.4. The number of aryl methyl sites for hydroxylation is 1. The lowest BCUT2D eigenvalue weighted by atomic mass is 10.0. The van der Waals surface area contributed by atoms with Crippen LogP contribution in [-0.2, 0) is 21.2 Å². The summed E-state index contributed by atoms with van der Waals surface area (Å²) in [6, 6.07) is 12.5. The summed E-state index contributed by atoms with van der Waals surface area (Å²) in [6.07, 6.45) is 1.67. The van der Waals surface area contributed by atoms with Gasteiger partial charge in [-0.05, 0) is 35.8 Å². The molecule has 0 bridgehead atoms. The largest absolute Gasteiger partial charge is 0.355 e. The van der Waals surface area contributed by atoms with Gasteiger partial charge in [0.2, 0.25) is 5.91 Å². The van der Waals surface area contributed by atoms with Crippen molar-refractivity contribution in [2.75, 3.05) is 6.54 Å². The molecule has 0 aliphatic heterocycles. The van der Waals surface area contributed by atoms with Crippen molar-refractivity contribution in [3.8, 4) is 0 Å². The molecule has 0 saturated carbocycles. The van der Waals surface area contributed by atoms with E-state index in [0.717, 1.165) is 24.2 Å². The molecule has 7 heteroatoms. The van der Waals surface area contributed by atoms with Gasteiger partial charge >= 0.3 is 0 Å². The molecule has 2 aromatic rings. The number of thiophene rings is 1. The molecule has 1 aromatic carbocycles. The molecule has 0 aliphatic rings. The van der Waals surface area contributed by atoms with Crippen LogP contribution in [0.4, 0.5) is 0 Å². The van der Waals surface area contributed by atoms with E-state index in [-0.39, 0.29) is 16.0 Å². The molecule has 1 amide bonds. The van der Waals surface area contributed by atoms with Crippen molar-refractivity contribution in [2.45, 2.75) is 36.9 Å². The minimum absolute atomic E-state index is 0.149. The number of nitrogens with one attached hydrogen (secondary N) is 2. The number of benzene rings is 1. The number of sulfonamides is 1. The number of hydrogen-bond donors (Lipinski definition) is 2. The van der Waals surface area contributed by atoms with Gasteiger partial charge in [-0.1, -0.05) is 50.2 Å². The number of hydrogen-bond acceptors (Lipinski definition) is 4. The van der Waals surface area contributed by atoms with Crippen LogP contribution in [0.5, 0.6) is 0 Å². The zero-order chi connectivity index (χ0) is 18.3. The zero-order valence-corrected chi connectivity index (χ0v) is 16.1. The summed E-state index contributed by atoms with van der Waals surface area (Å²) >= 11 is 1.13. The Morgan fingerprint density at radius 3 is 2.44 bits per heavy atom. The van der Waals surface area contributed by atoms with Crippen LogP contribution in [-0.4, -0.2) is 26.9 Å². The molecule has 0 aliphatic carbocycles. The van der Waals surface area contributed by atoms with E-state index < -0.39 is 16.1 Å². The van der Waals surface area contributed by atoms with Gasteiger partial charge in [-0.2, -0.15) is 4.72 Å². The van der Waals surface area contributed by atoms with E-state index in [1.165, 1.54) is 11.6 Å². The third-order valence-electron chi connectivity index (χ3n) is 3.78. The first-order valence-corrected chi connectivity index (χ1v) is 10.6. The van der Waals surface area contributed by atoms with Crippen LogP contribution < -0.4 is 10.0 Å². The van der Waals surface area contributed by atoms with E-state index in [0.29, 0.717) is 6.54 Å². The zero-order valence-electron chi connectivity index (χ0n) is 14.4. The van der Waals surface area contributed by atoms with Crippen LogP contribution in [0.3, 0.4) is 0 Å². The minimum Gasteiger partial charge on any atom is -0.355 e. The highest BCUT2D eigenvalue weighted by Gasteiger charge is 2.28. The molecule has 2 N–H and O–H groups in total. The second-order valence-corrected chi connectivity index (χ2v) is 9.04. The SMILES string of the molecule is CC(C)[C@H](NS(=O)(=O)c1cccs1)C(=O)NCCCc1ccccc1. The van der Waals surface area contributed by atoms with Crippen molar-refractivity contribution >= 4 is 27.3 Å². The van der Waals surface area contributed by atoms with Crippen molar-refractivity contribution in [1.29, 1.82) is 0 Å². The average Bonchev–Trinajstić information content (AvgIpc) is 3.13. The minimum atomic E-state index is -3.67. The van der Waals surface area contributed by atoms with Gasteiger partial charge < -0.3 is 5.32 Å². The first kappa shape index (κ1) is 19.6. The van der Waals surface area contributed by atoms with Crippen molar-refractivity contribution in [1.82, 2.24) is 10.0 Å². The van der Waals surface area contributed by atoms with E-state index >= 15 is 0 Å². The fourth-order valence-electron chi connectivity index (χ4n) is 2.39. The van der Waals surface area contributed by atoms with Crippen LogP contribution in [0.15, 0.2) is 52.1 Å². The molecule has 1 aromatic heterocycles. The topological polar surface area (TPSA) is 75.3 Å². The van der Waals surface area contributed by atoms with Gasteiger partial charge in [0.15, 0.2) is 0 Å². The molecular formula is C18H24N2O3S2. The van der Waals surface area contributed by atoms with Crippen LogP contribution >= 0.6 is 11.3 Å². The Hall–Kier alpha value is -1.70. The molecular weight excluding hydrogens is 356 g/mol. The number of carbonyl (C=O) groups is 1. The van der Waals surface area contributed by atoms with Crippen LogP contribution in [0.1, 0.15) is 25.8 Å². The standard InChI is InChI=1S/C18H24N2O3S2/c1-14(2)17(20-25(22,23)16-11-7-13-24-16)18(21)19-12-6-10-15-8-4-3-5-9-15/h3-5,7-9,11,13-14,17,20H,6,10,12H2,1-2H3,(H,19,21)/t17-/m0/s1. The fraction of sp³-hybridized carbons (Fsp3) is 0.389. The highest BCUT2D eigenvalue weighted by molar-refractivity contribution is 7.91. The third-order valence-corrected chi connectivity index (χ3v) is 6.61. The van der Waals surface area contributed by atoms with Gasteiger partial charge in [0.05, 0.1) is 0 Å². The Labute approximate surface area is 153 Å². The van der Waals surface area contributed by atoms with Crippen molar-refractivity contribution in [3.63, 3.8) is 0 Å². The lowest BCUT2D eigenvalue weighted by molar-refractivity contribution is -0.123. The molecule has 5 nitrogen and oxygen atoms in total. The molecule has 0 radical (unpaired) electrons. The summed E-state index contributed by atoms with van der Waals surface area (Å²) in [5.41, 5.74) is 1.22. The molecule has 0 spiro atoms. The van der Waals surface area contributed by atoms with Gasteiger partial charge in [-0.3, -0.25) is 4.79 Å². The van der Waals surface area contributed by atoms with Crippen molar-refractivity contribution in [3.05, 3.63) is 53.4 Å². The molecule has 0 fully saturated rings. The first-order chi connectivity index (χ1) is 11.9. The fourth-order valence-corrected chi connectivity index (χ4v) is 4.75. The normalized spacial score (nSPS) is 12.9. The highest BCUT2D eigenvalue weighted by Crippen LogP contribution is 2.17. The first-order valence-electron chi connectivity index (χ1n) is 8.27. The molecule has 0 unspecified atom stereocenters. The third kappa shape index (κ3) is 5.95. The molecule has 1 atom stereocenters. The maximum Gasteiger partial charge on any atom is 0.250 e. The molecule has 25 heavy (non-hydrogen) atoms. The van der Waals surface area contributed by atoms with Gasteiger partial charge in [0, 0.05) is 6.54 Å². The lowest BCUT2D eigenvalue weighted by Gasteiger charge is -2.21. The predicted molar refractivity (Wildman–Crippen MR) is 101 cm³/mol. The van der Waals surface area contributed by atoms with E-state index in [4.69, 9.17) is 0 Å². The molecule has 0 saturated heterocycles. The maximum absolute atomic E-state index is 12.4. The van der Waals surface area contributed by atoms with Crippen LogP contribution in [0.2, 0.25) is 0 Å². The van der Waals surface area contributed by atoms with E-state index in [2.05, 4.69) is 10.0 Å². The van der Waals surface area contributed by atoms with E-state index in [1.807, 2.05) is 44.2 Å². The molecule has 1 heterocycles. The summed E-state index contributed by atoms with van der Waals surface area (Å²) in [7, 11) is -3.67. The van der Waals surface area contributed by atoms with Gasteiger partial charge in [0.1, 0.15) is 10.3 Å². The quantitative estimate of drug-likeness (QED) is 0.657. The van der Waals surface area contributed by atoms with Crippen molar-refractivity contribution < 1.29 is 13.2 Å². The summed E-state index contributed by atoms with van der Waals surface area (Å²) in [4.78, 5) is 12.4. The average molecular weight is 381 g/mol. The Morgan fingerprint density at radius 1 is 1.12 bits per heavy atom. The predicted octanol–water partition coefficient (Wildman–Crippen LogP) is 2.80. The number of carbonyl (C=O) groups excluding carboxylic acids is 1. The summed E-state index contributed by atoms with van der Waals surface area (Å²) in [6.45, 7) is 4.16. The second-order valence-electron chi connectivity index (χ2n) is 6.16. The van der Waals surface area contributed by atoms with Gasteiger partial charge in [-0.15, -0.1) is 11.3 Å². The van der Waals surface area contributed by atoms with Gasteiger partial charge in [0.25, 0.3) is 10.0 Å². The number of amides is 1. The monoisotopic (exact) mass is 380 g/mol. The summed E-state index contributed by atoms with van der Waals surface area (Å²) in [5, 5.41) is 4.54. The lowest BCUT2D eigenvalue weighted by Crippen LogP contribution is -2.49.